The molecule has 1 saturated heterocycles. The second-order valence-electron chi connectivity index (χ2n) is 13.0. The van der Waals surface area contributed by atoms with Crippen molar-refractivity contribution in [2.24, 2.45) is 5.92 Å². The maximum Gasteiger partial charge on any atom is 0.410 e. The van der Waals surface area contributed by atoms with Gasteiger partial charge in [-0.2, -0.15) is 8.42 Å². The number of pyridine rings is 1. The Balaban J connectivity index is 1.56. The van der Waals surface area contributed by atoms with Crippen LogP contribution in [0.1, 0.15) is 90.8 Å². The molecule has 3 rings (SSSR count). The minimum Gasteiger partial charge on any atom is -0.444 e. The van der Waals surface area contributed by atoms with Crippen molar-refractivity contribution in [2.45, 2.75) is 96.2 Å². The molecular formula is C28H41ClN6O5S. The van der Waals surface area contributed by atoms with Crippen molar-refractivity contribution in [3.8, 4) is 0 Å². The van der Waals surface area contributed by atoms with Crippen LogP contribution in [-0.4, -0.2) is 64.5 Å². The summed E-state index contributed by atoms with van der Waals surface area (Å²) in [6.45, 7) is 16.5. The molecule has 13 heteroatoms. The number of anilines is 1. The monoisotopic (exact) mass is 608 g/mol. The van der Waals surface area contributed by atoms with Crippen LogP contribution in [0.2, 0.25) is 5.15 Å². The van der Waals surface area contributed by atoms with Crippen LogP contribution in [0, 0.1) is 5.92 Å². The highest BCUT2D eigenvalue weighted by atomic mass is 35.5. The van der Waals surface area contributed by atoms with Crippen molar-refractivity contribution >= 4 is 39.4 Å². The number of halogens is 1. The van der Waals surface area contributed by atoms with E-state index in [0.717, 1.165) is 19.3 Å². The molecule has 1 aliphatic heterocycles. The Morgan fingerprint density at radius 2 is 1.83 bits per heavy atom. The van der Waals surface area contributed by atoms with Crippen molar-refractivity contribution < 1.29 is 22.7 Å². The molecule has 0 saturated carbocycles. The molecule has 0 aliphatic carbocycles. The SMILES string of the molecule is CC(C)(C)OC(=O)N1C[C@@H](CCCNc2cccc(S(=O)(=O)NC(=O)c3cnc(C(C)(C)C)nc3Cl)n2)CC1(C)C. The van der Waals surface area contributed by atoms with Crippen LogP contribution in [-0.2, 0) is 20.2 Å². The summed E-state index contributed by atoms with van der Waals surface area (Å²) in [5.41, 5.74) is -1.39. The fraction of sp³-hybridized carbons (Fsp3) is 0.607. The molecule has 11 nitrogen and oxygen atoms in total. The zero-order chi connectivity index (χ0) is 30.8. The lowest BCUT2D eigenvalue weighted by molar-refractivity contribution is 0.0130. The van der Waals surface area contributed by atoms with E-state index in [1.165, 1.54) is 12.3 Å². The van der Waals surface area contributed by atoms with Crippen LogP contribution < -0.4 is 10.0 Å². The van der Waals surface area contributed by atoms with Crippen LogP contribution >= 0.6 is 11.6 Å². The van der Waals surface area contributed by atoms with Gasteiger partial charge in [0.05, 0.1) is 5.56 Å². The molecule has 0 spiro atoms. The number of hydrogen-bond donors (Lipinski definition) is 2. The summed E-state index contributed by atoms with van der Waals surface area (Å²) >= 11 is 6.15. The predicted molar refractivity (Wildman–Crippen MR) is 157 cm³/mol. The van der Waals surface area contributed by atoms with E-state index >= 15 is 0 Å². The summed E-state index contributed by atoms with van der Waals surface area (Å²) < 4.78 is 33.4. The van der Waals surface area contributed by atoms with E-state index in [4.69, 9.17) is 16.3 Å². The third-order valence-electron chi connectivity index (χ3n) is 6.55. The van der Waals surface area contributed by atoms with Gasteiger partial charge in [0, 0.05) is 30.2 Å². The van der Waals surface area contributed by atoms with Gasteiger partial charge in [0.25, 0.3) is 15.9 Å². The number of carbonyl (C=O) groups excluding carboxylic acids is 2. The van der Waals surface area contributed by atoms with Gasteiger partial charge in [-0.05, 0) is 71.9 Å². The molecule has 2 aromatic rings. The van der Waals surface area contributed by atoms with Gasteiger partial charge >= 0.3 is 6.09 Å². The molecule has 2 amide bonds. The Hall–Kier alpha value is -2.99. The van der Waals surface area contributed by atoms with Crippen molar-refractivity contribution in [3.05, 3.63) is 40.9 Å². The first-order valence-electron chi connectivity index (χ1n) is 13.6. The second kappa shape index (κ2) is 12.1. The Morgan fingerprint density at radius 1 is 1.15 bits per heavy atom. The van der Waals surface area contributed by atoms with Gasteiger partial charge in [-0.3, -0.25) is 4.79 Å². The Morgan fingerprint density at radius 3 is 2.44 bits per heavy atom. The molecule has 1 atom stereocenters. The fourth-order valence-corrected chi connectivity index (χ4v) is 5.74. The molecule has 0 radical (unpaired) electrons. The first-order valence-corrected chi connectivity index (χ1v) is 15.5. The maximum atomic E-state index is 12.9. The predicted octanol–water partition coefficient (Wildman–Crippen LogP) is 5.17. The highest BCUT2D eigenvalue weighted by Gasteiger charge is 2.42. The summed E-state index contributed by atoms with van der Waals surface area (Å²) in [5.74, 6) is 0.163. The molecule has 0 bridgehead atoms. The van der Waals surface area contributed by atoms with Gasteiger partial charge in [-0.25, -0.2) is 24.5 Å². The number of nitrogens with zero attached hydrogens (tertiary/aromatic N) is 4. The van der Waals surface area contributed by atoms with E-state index in [0.29, 0.717) is 30.6 Å². The molecular weight excluding hydrogens is 568 g/mol. The number of sulfonamides is 1. The standard InChI is InChI=1S/C28H41ClN6O5S/c1-26(2,3)24-31-16-19(22(29)33-24)23(36)34-41(38,39)21-13-9-12-20(32-21)30-14-10-11-18-15-28(7,8)35(17-18)25(37)40-27(4,5)6/h9,12-13,16,18H,10-11,14-15,17H2,1-8H3,(H,30,32)(H,34,36)/t18-/m0/s1. The minimum atomic E-state index is -4.28. The molecule has 1 aliphatic rings. The number of nitrogens with one attached hydrogen (secondary N) is 2. The number of aromatic nitrogens is 3. The quantitative estimate of drug-likeness (QED) is 0.306. The molecule has 0 aromatic carbocycles. The lowest BCUT2D eigenvalue weighted by atomic mass is 9.93. The van der Waals surface area contributed by atoms with Gasteiger partial charge in [-0.1, -0.05) is 38.4 Å². The number of carbonyl (C=O) groups is 2. The smallest absolute Gasteiger partial charge is 0.410 e. The number of rotatable bonds is 8. The number of likely N-dealkylation sites (tertiary alicyclic amines) is 1. The normalized spacial score (nSPS) is 17.3. The number of amides is 2. The highest BCUT2D eigenvalue weighted by molar-refractivity contribution is 7.90. The van der Waals surface area contributed by atoms with Gasteiger partial charge in [0.15, 0.2) is 5.03 Å². The third kappa shape index (κ3) is 8.75. The van der Waals surface area contributed by atoms with Crippen LogP contribution in [0.4, 0.5) is 10.6 Å². The van der Waals surface area contributed by atoms with Crippen molar-refractivity contribution in [1.82, 2.24) is 24.6 Å². The second-order valence-corrected chi connectivity index (χ2v) is 15.0. The van der Waals surface area contributed by atoms with E-state index in [-0.39, 0.29) is 27.4 Å². The maximum absolute atomic E-state index is 12.9. The first-order chi connectivity index (χ1) is 18.8. The lowest BCUT2D eigenvalue weighted by Crippen LogP contribution is -2.45. The summed E-state index contributed by atoms with van der Waals surface area (Å²) in [5, 5.41) is 2.69. The Bertz CT molecular complexity index is 1390. The van der Waals surface area contributed by atoms with Gasteiger partial charge in [0.2, 0.25) is 0 Å². The van der Waals surface area contributed by atoms with E-state index in [2.05, 4.69) is 20.3 Å². The van der Waals surface area contributed by atoms with Crippen molar-refractivity contribution in [3.63, 3.8) is 0 Å². The Labute approximate surface area is 247 Å². The largest absolute Gasteiger partial charge is 0.444 e. The summed E-state index contributed by atoms with van der Waals surface area (Å²) in [6, 6.07) is 4.49. The van der Waals surface area contributed by atoms with Gasteiger partial charge < -0.3 is 15.0 Å². The molecule has 41 heavy (non-hydrogen) atoms. The van der Waals surface area contributed by atoms with E-state index in [1.54, 1.807) is 17.0 Å². The topological polar surface area (TPSA) is 143 Å². The van der Waals surface area contributed by atoms with Gasteiger partial charge in [0.1, 0.15) is 22.4 Å². The van der Waals surface area contributed by atoms with Gasteiger partial charge in [-0.15, -0.1) is 0 Å². The summed E-state index contributed by atoms with van der Waals surface area (Å²) in [6.07, 6.45) is 3.45. The third-order valence-corrected chi connectivity index (χ3v) is 8.07. The first kappa shape index (κ1) is 32.5. The Kier molecular flexibility index (Phi) is 9.59. The van der Waals surface area contributed by atoms with Crippen LogP contribution in [0.15, 0.2) is 29.4 Å². The van der Waals surface area contributed by atoms with Crippen LogP contribution in [0.25, 0.3) is 0 Å². The summed E-state index contributed by atoms with van der Waals surface area (Å²) in [4.78, 5) is 39.6. The van der Waals surface area contributed by atoms with Crippen molar-refractivity contribution in [2.75, 3.05) is 18.4 Å². The van der Waals surface area contributed by atoms with Crippen LogP contribution in [0.3, 0.4) is 0 Å². The fourth-order valence-electron chi connectivity index (χ4n) is 4.59. The molecule has 3 heterocycles. The number of hydrogen-bond acceptors (Lipinski definition) is 9. The average Bonchev–Trinajstić information content (AvgIpc) is 3.14. The molecule has 2 N–H and O–H groups in total. The molecule has 1 fully saturated rings. The minimum absolute atomic E-state index is 0.138. The highest BCUT2D eigenvalue weighted by Crippen LogP contribution is 2.36. The van der Waals surface area contributed by atoms with E-state index < -0.39 is 26.9 Å². The molecule has 226 valence electrons. The van der Waals surface area contributed by atoms with E-state index in [1.807, 2.05) is 60.1 Å². The summed E-state index contributed by atoms with van der Waals surface area (Å²) in [7, 11) is -4.28. The lowest BCUT2D eigenvalue weighted by Gasteiger charge is -2.33. The average molecular weight is 609 g/mol. The van der Waals surface area contributed by atoms with Crippen molar-refractivity contribution in [1.29, 1.82) is 0 Å². The molecule has 2 aromatic heterocycles. The van der Waals surface area contributed by atoms with E-state index in [9.17, 15) is 18.0 Å². The number of ether oxygens (including phenoxy) is 1. The van der Waals surface area contributed by atoms with Crippen LogP contribution in [0.5, 0.6) is 0 Å². The zero-order valence-electron chi connectivity index (χ0n) is 25.0. The zero-order valence-corrected chi connectivity index (χ0v) is 26.6. The molecule has 0 unspecified atom stereocenters.